The summed E-state index contributed by atoms with van der Waals surface area (Å²) in [6, 6.07) is 11.9. The van der Waals surface area contributed by atoms with Crippen LogP contribution in [0.4, 0.5) is 10.5 Å². The van der Waals surface area contributed by atoms with E-state index in [4.69, 9.17) is 16.2 Å². The van der Waals surface area contributed by atoms with E-state index < -0.39 is 30.0 Å². The zero-order valence-corrected chi connectivity index (χ0v) is 16.7. The molecule has 1 unspecified atom stereocenters. The van der Waals surface area contributed by atoms with E-state index in [1.54, 1.807) is 25.1 Å². The van der Waals surface area contributed by atoms with Crippen molar-refractivity contribution < 1.29 is 19.5 Å². The average molecular weight is 409 g/mol. The van der Waals surface area contributed by atoms with Gasteiger partial charge in [0.05, 0.1) is 0 Å². The highest BCUT2D eigenvalue weighted by atomic mass is 16.4. The molecule has 2 aromatic rings. The monoisotopic (exact) mass is 409 g/mol. The molecule has 3 rings (SSSR count). The molecule has 0 bridgehead atoms. The van der Waals surface area contributed by atoms with Crippen LogP contribution in [0.3, 0.4) is 0 Å². The molecule has 1 aliphatic heterocycles. The van der Waals surface area contributed by atoms with E-state index >= 15 is 0 Å². The number of rotatable bonds is 7. The first kappa shape index (κ1) is 20.8. The van der Waals surface area contributed by atoms with Crippen LogP contribution < -0.4 is 16.4 Å². The summed E-state index contributed by atoms with van der Waals surface area (Å²) in [4.78, 5) is 36.4. The van der Waals surface area contributed by atoms with Crippen LogP contribution in [-0.4, -0.2) is 40.3 Å². The predicted octanol–water partition coefficient (Wildman–Crippen LogP) is 1.74. The van der Waals surface area contributed by atoms with Gasteiger partial charge >= 0.3 is 12.0 Å². The number of carbonyl (C=O) groups is 3. The summed E-state index contributed by atoms with van der Waals surface area (Å²) < 4.78 is 0. The van der Waals surface area contributed by atoms with Gasteiger partial charge in [0.2, 0.25) is 0 Å². The zero-order valence-electron chi connectivity index (χ0n) is 16.7. The lowest BCUT2D eigenvalue weighted by atomic mass is 9.89. The number of benzene rings is 2. The molecule has 1 atom stereocenters. The van der Waals surface area contributed by atoms with Crippen LogP contribution in [-0.2, 0) is 21.7 Å². The van der Waals surface area contributed by atoms with Crippen LogP contribution in [0, 0.1) is 12.3 Å². The second-order valence-electron chi connectivity index (χ2n) is 7.33. The average Bonchev–Trinajstić information content (AvgIpc) is 2.91. The lowest BCUT2D eigenvalue weighted by Gasteiger charge is -2.23. The van der Waals surface area contributed by atoms with Crippen molar-refractivity contribution >= 4 is 29.4 Å². The van der Waals surface area contributed by atoms with Gasteiger partial charge in [0.1, 0.15) is 17.9 Å². The van der Waals surface area contributed by atoms with E-state index in [-0.39, 0.29) is 5.84 Å². The number of nitrogens with zero attached hydrogens (tertiary/aromatic N) is 1. The standard InChI is InChI=1S/C21H23N5O4/c1-12-9-15(21(2)19(29)26(11-17(27)28)20(30)25-21)6-3-14(12)10-24-16-7-4-13(5-8-16)18(22)23/h3-9,24H,10-11H2,1-2H3,(H3,22,23)(H,25,30)(H,27,28). The summed E-state index contributed by atoms with van der Waals surface area (Å²) >= 11 is 0. The minimum atomic E-state index is -1.31. The van der Waals surface area contributed by atoms with Gasteiger partial charge in [0, 0.05) is 17.8 Å². The fourth-order valence-electron chi connectivity index (χ4n) is 3.34. The number of hydrogen-bond acceptors (Lipinski definition) is 5. The number of carbonyl (C=O) groups excluding carboxylic acids is 2. The van der Waals surface area contributed by atoms with Crippen LogP contribution in [0.1, 0.15) is 29.2 Å². The molecular formula is C21H23N5O4. The molecule has 2 aromatic carbocycles. The summed E-state index contributed by atoms with van der Waals surface area (Å²) in [6.07, 6.45) is 0. The summed E-state index contributed by atoms with van der Waals surface area (Å²) in [7, 11) is 0. The van der Waals surface area contributed by atoms with E-state index in [0.717, 1.165) is 16.8 Å². The van der Waals surface area contributed by atoms with Gasteiger partial charge in [0.25, 0.3) is 5.91 Å². The first-order valence-electron chi connectivity index (χ1n) is 9.26. The molecule has 1 fully saturated rings. The summed E-state index contributed by atoms with van der Waals surface area (Å²) in [6.45, 7) is 3.33. The second kappa shape index (κ2) is 7.86. The topological polar surface area (TPSA) is 149 Å². The molecular weight excluding hydrogens is 386 g/mol. The normalized spacial score (nSPS) is 18.3. The van der Waals surface area contributed by atoms with E-state index in [9.17, 15) is 14.4 Å². The Kier molecular flexibility index (Phi) is 5.46. The Balaban J connectivity index is 1.75. The first-order valence-corrected chi connectivity index (χ1v) is 9.26. The molecule has 0 spiro atoms. The Bertz CT molecular complexity index is 1030. The van der Waals surface area contributed by atoms with E-state index in [0.29, 0.717) is 22.6 Å². The zero-order chi connectivity index (χ0) is 22.1. The highest BCUT2D eigenvalue weighted by molar-refractivity contribution is 6.08. The highest BCUT2D eigenvalue weighted by Gasteiger charge is 2.49. The lowest BCUT2D eigenvalue weighted by Crippen LogP contribution is -2.41. The number of hydrogen-bond donors (Lipinski definition) is 5. The van der Waals surface area contributed by atoms with E-state index in [1.165, 1.54) is 0 Å². The van der Waals surface area contributed by atoms with Crippen molar-refractivity contribution in [3.63, 3.8) is 0 Å². The maximum Gasteiger partial charge on any atom is 0.325 e. The van der Waals surface area contributed by atoms with Gasteiger partial charge in [0.15, 0.2) is 0 Å². The summed E-state index contributed by atoms with van der Waals surface area (Å²) in [5.41, 5.74) is 8.16. The maximum atomic E-state index is 12.7. The second-order valence-corrected chi connectivity index (χ2v) is 7.33. The van der Waals surface area contributed by atoms with Crippen LogP contribution >= 0.6 is 0 Å². The number of imide groups is 1. The quantitative estimate of drug-likeness (QED) is 0.267. The molecule has 9 nitrogen and oxygen atoms in total. The Labute approximate surface area is 173 Å². The highest BCUT2D eigenvalue weighted by Crippen LogP contribution is 2.30. The number of nitrogens with one attached hydrogen (secondary N) is 3. The molecule has 3 amide bonds. The molecule has 6 N–H and O–H groups in total. The van der Waals surface area contributed by atoms with Gasteiger partial charge < -0.3 is 21.5 Å². The van der Waals surface area contributed by atoms with Gasteiger partial charge in [-0.15, -0.1) is 0 Å². The van der Waals surface area contributed by atoms with Crippen LogP contribution in [0.2, 0.25) is 0 Å². The van der Waals surface area contributed by atoms with Gasteiger partial charge in [-0.25, -0.2) is 4.79 Å². The van der Waals surface area contributed by atoms with Crippen molar-refractivity contribution in [2.24, 2.45) is 5.73 Å². The van der Waals surface area contributed by atoms with Crippen molar-refractivity contribution in [1.29, 1.82) is 5.41 Å². The Morgan fingerprint density at radius 1 is 1.23 bits per heavy atom. The molecule has 1 heterocycles. The van der Waals surface area contributed by atoms with Crippen LogP contribution in [0.15, 0.2) is 42.5 Å². The van der Waals surface area contributed by atoms with Crippen LogP contribution in [0.25, 0.3) is 0 Å². The van der Waals surface area contributed by atoms with Crippen molar-refractivity contribution in [2.75, 3.05) is 11.9 Å². The Hall–Kier alpha value is -3.88. The number of aryl methyl sites for hydroxylation is 1. The summed E-state index contributed by atoms with van der Waals surface area (Å²) in [5.74, 6) is -1.83. The van der Waals surface area contributed by atoms with Crippen molar-refractivity contribution in [1.82, 2.24) is 10.2 Å². The molecule has 1 saturated heterocycles. The molecule has 1 aliphatic rings. The van der Waals surface area contributed by atoms with E-state index in [1.807, 2.05) is 31.2 Å². The molecule has 156 valence electrons. The number of urea groups is 1. The third-order valence-electron chi connectivity index (χ3n) is 5.17. The lowest BCUT2D eigenvalue weighted by molar-refractivity contribution is -0.142. The van der Waals surface area contributed by atoms with Crippen molar-refractivity contribution in [3.8, 4) is 0 Å². The fourth-order valence-corrected chi connectivity index (χ4v) is 3.34. The Morgan fingerprint density at radius 3 is 2.47 bits per heavy atom. The number of nitrogens with two attached hydrogens (primary N) is 1. The van der Waals surface area contributed by atoms with Crippen LogP contribution in [0.5, 0.6) is 0 Å². The molecule has 9 heteroatoms. The third kappa shape index (κ3) is 3.95. The first-order chi connectivity index (χ1) is 14.1. The van der Waals surface area contributed by atoms with Crippen molar-refractivity contribution in [3.05, 3.63) is 64.7 Å². The molecule has 0 saturated carbocycles. The number of amides is 3. The summed E-state index contributed by atoms with van der Waals surface area (Å²) in [5, 5.41) is 22.2. The van der Waals surface area contributed by atoms with Gasteiger partial charge in [-0.05, 0) is 54.8 Å². The number of carboxylic acids is 1. The van der Waals surface area contributed by atoms with E-state index in [2.05, 4.69) is 10.6 Å². The predicted molar refractivity (Wildman–Crippen MR) is 111 cm³/mol. The molecule has 0 aromatic heterocycles. The fraction of sp³-hybridized carbons (Fsp3) is 0.238. The van der Waals surface area contributed by atoms with Gasteiger partial charge in [-0.1, -0.05) is 18.2 Å². The number of anilines is 1. The maximum absolute atomic E-state index is 12.7. The minimum absolute atomic E-state index is 0.0111. The Morgan fingerprint density at radius 2 is 1.90 bits per heavy atom. The number of carboxylic acid groups (broad SMARTS) is 1. The third-order valence-corrected chi connectivity index (χ3v) is 5.17. The smallest absolute Gasteiger partial charge is 0.325 e. The van der Waals surface area contributed by atoms with Gasteiger partial charge in [-0.3, -0.25) is 19.9 Å². The number of amidine groups is 1. The SMILES string of the molecule is Cc1cc(C2(C)NC(=O)N(CC(=O)O)C2=O)ccc1CNc1ccc(C(=N)N)cc1. The largest absolute Gasteiger partial charge is 0.480 e. The molecule has 0 radical (unpaired) electrons. The number of nitrogen functional groups attached to an aromatic ring is 1. The molecule has 0 aliphatic carbocycles. The molecule has 30 heavy (non-hydrogen) atoms. The minimum Gasteiger partial charge on any atom is -0.480 e. The van der Waals surface area contributed by atoms with Gasteiger partial charge in [-0.2, -0.15) is 0 Å². The number of aliphatic carboxylic acids is 1. The van der Waals surface area contributed by atoms with Crippen molar-refractivity contribution in [2.45, 2.75) is 25.9 Å².